The van der Waals surface area contributed by atoms with Crippen LogP contribution in [0.2, 0.25) is 0 Å². The summed E-state index contributed by atoms with van der Waals surface area (Å²) in [5.41, 5.74) is 0. The molecule has 1 aliphatic heterocycles. The first-order valence-corrected chi connectivity index (χ1v) is 7.15. The second-order valence-electron chi connectivity index (χ2n) is 4.14. The number of rotatable bonds is 4. The number of sulfonamides is 1. The van der Waals surface area contributed by atoms with E-state index < -0.39 is 16.1 Å². The Morgan fingerprint density at radius 1 is 1.33 bits per heavy atom. The van der Waals surface area contributed by atoms with Gasteiger partial charge in [-0.15, -0.1) is 0 Å². The van der Waals surface area contributed by atoms with Crippen molar-refractivity contribution in [3.05, 3.63) is 24.3 Å². The Labute approximate surface area is 106 Å². The predicted molar refractivity (Wildman–Crippen MR) is 66.0 cm³/mol. The van der Waals surface area contributed by atoms with E-state index in [-0.39, 0.29) is 4.90 Å². The molecule has 0 bridgehead atoms. The standard InChI is InChI=1S/C12H15NO4S/c1-17-11-4-6-12(7-5-11)18(15,16)13-8-2-3-10(13)9-14/h4-7,9-10H,2-3,8H2,1H3/t10-/m0/s1. The summed E-state index contributed by atoms with van der Waals surface area (Å²) in [5.74, 6) is 0.599. The van der Waals surface area contributed by atoms with Crippen LogP contribution in [0.5, 0.6) is 5.75 Å². The van der Waals surface area contributed by atoms with E-state index in [0.29, 0.717) is 25.0 Å². The van der Waals surface area contributed by atoms with Crippen LogP contribution in [0.3, 0.4) is 0 Å². The minimum atomic E-state index is -3.58. The summed E-state index contributed by atoms with van der Waals surface area (Å²) in [4.78, 5) is 11.1. The largest absolute Gasteiger partial charge is 0.497 e. The number of hydrogen-bond acceptors (Lipinski definition) is 4. The van der Waals surface area contributed by atoms with Crippen molar-refractivity contribution in [2.24, 2.45) is 0 Å². The van der Waals surface area contributed by atoms with Crippen molar-refractivity contribution >= 4 is 16.3 Å². The quantitative estimate of drug-likeness (QED) is 0.766. The van der Waals surface area contributed by atoms with E-state index in [4.69, 9.17) is 4.74 Å². The van der Waals surface area contributed by atoms with E-state index in [1.807, 2.05) is 0 Å². The van der Waals surface area contributed by atoms with Crippen LogP contribution in [0, 0.1) is 0 Å². The van der Waals surface area contributed by atoms with E-state index in [9.17, 15) is 13.2 Å². The van der Waals surface area contributed by atoms with E-state index in [1.54, 1.807) is 12.1 Å². The van der Waals surface area contributed by atoms with Crippen LogP contribution in [0.1, 0.15) is 12.8 Å². The first kappa shape index (κ1) is 13.0. The fraction of sp³-hybridized carbons (Fsp3) is 0.417. The lowest BCUT2D eigenvalue weighted by Gasteiger charge is -2.20. The highest BCUT2D eigenvalue weighted by Crippen LogP contribution is 2.26. The number of nitrogens with zero attached hydrogens (tertiary/aromatic N) is 1. The third-order valence-corrected chi connectivity index (χ3v) is 5.01. The van der Waals surface area contributed by atoms with Crippen molar-refractivity contribution < 1.29 is 17.9 Å². The molecule has 1 saturated heterocycles. The average Bonchev–Trinajstić information content (AvgIpc) is 2.88. The van der Waals surface area contributed by atoms with Gasteiger partial charge in [-0.05, 0) is 37.1 Å². The molecule has 1 aromatic rings. The topological polar surface area (TPSA) is 63.7 Å². The zero-order valence-electron chi connectivity index (χ0n) is 10.1. The molecular formula is C12H15NO4S. The maximum absolute atomic E-state index is 12.3. The highest BCUT2D eigenvalue weighted by atomic mass is 32.2. The lowest BCUT2D eigenvalue weighted by molar-refractivity contribution is -0.110. The monoisotopic (exact) mass is 269 g/mol. The average molecular weight is 269 g/mol. The molecule has 98 valence electrons. The van der Waals surface area contributed by atoms with Crippen LogP contribution in [0.15, 0.2) is 29.2 Å². The Kier molecular flexibility index (Phi) is 3.68. The zero-order valence-corrected chi connectivity index (χ0v) is 10.9. The first-order valence-electron chi connectivity index (χ1n) is 5.71. The summed E-state index contributed by atoms with van der Waals surface area (Å²) < 4.78 is 30.9. The fourth-order valence-electron chi connectivity index (χ4n) is 2.08. The van der Waals surface area contributed by atoms with Crippen molar-refractivity contribution in [3.8, 4) is 5.75 Å². The van der Waals surface area contributed by atoms with Gasteiger partial charge in [0.2, 0.25) is 10.0 Å². The Hall–Kier alpha value is -1.40. The van der Waals surface area contributed by atoms with E-state index in [2.05, 4.69) is 0 Å². The molecule has 1 atom stereocenters. The van der Waals surface area contributed by atoms with Gasteiger partial charge >= 0.3 is 0 Å². The Morgan fingerprint density at radius 2 is 2.00 bits per heavy atom. The molecule has 0 N–H and O–H groups in total. The van der Waals surface area contributed by atoms with Gasteiger partial charge in [0, 0.05) is 6.54 Å². The number of aldehydes is 1. The third kappa shape index (κ3) is 2.26. The minimum Gasteiger partial charge on any atom is -0.497 e. The summed E-state index contributed by atoms with van der Waals surface area (Å²) in [6.07, 6.45) is 2.02. The van der Waals surface area contributed by atoms with Crippen LogP contribution in [0.25, 0.3) is 0 Å². The highest BCUT2D eigenvalue weighted by molar-refractivity contribution is 7.89. The number of carbonyl (C=O) groups is 1. The Balaban J connectivity index is 2.32. The van der Waals surface area contributed by atoms with Crippen LogP contribution in [-0.2, 0) is 14.8 Å². The zero-order chi connectivity index (χ0) is 13.2. The molecule has 0 aliphatic carbocycles. The molecule has 5 nitrogen and oxygen atoms in total. The van der Waals surface area contributed by atoms with Gasteiger partial charge < -0.3 is 9.53 Å². The normalized spacial score (nSPS) is 20.8. The summed E-state index contributed by atoms with van der Waals surface area (Å²) in [6.45, 7) is 0.401. The summed E-state index contributed by atoms with van der Waals surface area (Å²) in [5, 5.41) is 0. The number of hydrogen-bond donors (Lipinski definition) is 0. The van der Waals surface area contributed by atoms with E-state index >= 15 is 0 Å². The molecule has 18 heavy (non-hydrogen) atoms. The fourth-order valence-corrected chi connectivity index (χ4v) is 3.72. The molecule has 0 radical (unpaired) electrons. The molecule has 0 saturated carbocycles. The van der Waals surface area contributed by atoms with Crippen molar-refractivity contribution in [2.45, 2.75) is 23.8 Å². The summed E-state index contributed by atoms with van der Waals surface area (Å²) >= 11 is 0. The van der Waals surface area contributed by atoms with Gasteiger partial charge in [-0.25, -0.2) is 8.42 Å². The number of methoxy groups -OCH3 is 1. The van der Waals surface area contributed by atoms with Crippen molar-refractivity contribution in [1.29, 1.82) is 0 Å². The molecule has 6 heteroatoms. The van der Waals surface area contributed by atoms with Crippen molar-refractivity contribution in [3.63, 3.8) is 0 Å². The smallest absolute Gasteiger partial charge is 0.243 e. The molecule has 2 rings (SSSR count). The van der Waals surface area contributed by atoms with Crippen molar-refractivity contribution in [2.75, 3.05) is 13.7 Å². The lowest BCUT2D eigenvalue weighted by atomic mass is 10.2. The van der Waals surface area contributed by atoms with Gasteiger partial charge in [-0.2, -0.15) is 4.31 Å². The van der Waals surface area contributed by atoms with E-state index in [0.717, 1.165) is 6.42 Å². The van der Waals surface area contributed by atoms with Gasteiger partial charge in [0.1, 0.15) is 12.0 Å². The van der Waals surface area contributed by atoms with Crippen molar-refractivity contribution in [1.82, 2.24) is 4.31 Å². The Bertz CT molecular complexity index is 524. The van der Waals surface area contributed by atoms with Crippen LogP contribution in [-0.4, -0.2) is 38.7 Å². The predicted octanol–water partition coefficient (Wildman–Crippen LogP) is 1.05. The van der Waals surface area contributed by atoms with Gasteiger partial charge in [-0.1, -0.05) is 0 Å². The number of benzene rings is 1. The number of carbonyl (C=O) groups excluding carboxylic acids is 1. The molecule has 1 heterocycles. The minimum absolute atomic E-state index is 0.192. The lowest BCUT2D eigenvalue weighted by Crippen LogP contribution is -2.36. The van der Waals surface area contributed by atoms with Gasteiger partial charge in [-0.3, -0.25) is 0 Å². The SMILES string of the molecule is COc1ccc(S(=O)(=O)N2CCC[C@H]2C=O)cc1. The second kappa shape index (κ2) is 5.07. The molecule has 1 aromatic carbocycles. The third-order valence-electron chi connectivity index (χ3n) is 3.07. The second-order valence-corrected chi connectivity index (χ2v) is 6.03. The van der Waals surface area contributed by atoms with Crippen LogP contribution in [0.4, 0.5) is 0 Å². The molecule has 0 aromatic heterocycles. The molecule has 0 amide bonds. The molecule has 1 fully saturated rings. The molecular weight excluding hydrogens is 254 g/mol. The maximum Gasteiger partial charge on any atom is 0.243 e. The van der Waals surface area contributed by atoms with Crippen LogP contribution >= 0.6 is 0 Å². The molecule has 0 spiro atoms. The summed E-state index contributed by atoms with van der Waals surface area (Å²) in [6, 6.07) is 5.65. The van der Waals surface area contributed by atoms with Gasteiger partial charge in [0.25, 0.3) is 0 Å². The highest BCUT2D eigenvalue weighted by Gasteiger charge is 2.34. The molecule has 0 unspecified atom stereocenters. The maximum atomic E-state index is 12.3. The van der Waals surface area contributed by atoms with Gasteiger partial charge in [0.15, 0.2) is 0 Å². The Morgan fingerprint density at radius 3 is 2.56 bits per heavy atom. The molecule has 1 aliphatic rings. The summed E-state index contributed by atoms with van der Waals surface area (Å²) in [7, 11) is -2.06. The van der Waals surface area contributed by atoms with Crippen LogP contribution < -0.4 is 4.74 Å². The van der Waals surface area contributed by atoms with Gasteiger partial charge in [0.05, 0.1) is 18.0 Å². The number of ether oxygens (including phenoxy) is 1. The van der Waals surface area contributed by atoms with E-state index in [1.165, 1.54) is 23.5 Å². The first-order chi connectivity index (χ1) is 8.59.